The van der Waals surface area contributed by atoms with Gasteiger partial charge in [-0.25, -0.2) is 4.98 Å². The highest BCUT2D eigenvalue weighted by Gasteiger charge is 2.28. The molecule has 6 heteroatoms. The monoisotopic (exact) mass is 405 g/mol. The lowest BCUT2D eigenvalue weighted by Crippen LogP contribution is -2.43. The van der Waals surface area contributed by atoms with E-state index in [1.165, 1.54) is 17.3 Å². The Morgan fingerprint density at radius 2 is 2.00 bits per heavy atom. The summed E-state index contributed by atoms with van der Waals surface area (Å²) in [6.07, 6.45) is 3.61. The number of hydrogen-bond acceptors (Lipinski definition) is 4. The fourth-order valence-corrected chi connectivity index (χ4v) is 4.68. The normalized spacial score (nSPS) is 15.9. The van der Waals surface area contributed by atoms with E-state index in [1.807, 2.05) is 41.3 Å². The Labute approximate surface area is 174 Å². The van der Waals surface area contributed by atoms with Crippen molar-refractivity contribution in [1.82, 2.24) is 9.55 Å². The highest BCUT2D eigenvalue weighted by molar-refractivity contribution is 7.99. The van der Waals surface area contributed by atoms with Crippen LogP contribution >= 0.6 is 11.8 Å². The molecule has 0 spiro atoms. The summed E-state index contributed by atoms with van der Waals surface area (Å²) >= 11 is 1.31. The number of nitrogens with zero attached hydrogens (tertiary/aromatic N) is 3. The van der Waals surface area contributed by atoms with Crippen LogP contribution in [0.2, 0.25) is 0 Å². The minimum atomic E-state index is -0.109. The molecule has 0 aliphatic carbocycles. The van der Waals surface area contributed by atoms with Gasteiger partial charge in [0.1, 0.15) is 0 Å². The molecule has 1 aliphatic heterocycles. The first-order valence-corrected chi connectivity index (χ1v) is 10.7. The number of aromatic nitrogens is 2. The first-order valence-electron chi connectivity index (χ1n) is 9.73. The second kappa shape index (κ2) is 8.25. The average Bonchev–Trinajstić information content (AvgIpc) is 2.74. The lowest BCUT2D eigenvalue weighted by molar-refractivity contribution is -0.116. The van der Waals surface area contributed by atoms with Gasteiger partial charge < -0.3 is 4.90 Å². The number of aryl methyl sites for hydroxylation is 1. The third kappa shape index (κ3) is 3.72. The van der Waals surface area contributed by atoms with Crippen molar-refractivity contribution >= 4 is 34.3 Å². The minimum absolute atomic E-state index is 0.0298. The molecule has 1 aromatic heterocycles. The van der Waals surface area contributed by atoms with Crippen LogP contribution in [0.3, 0.4) is 0 Å². The van der Waals surface area contributed by atoms with E-state index in [0.29, 0.717) is 22.6 Å². The Hall–Kier alpha value is -2.86. The predicted octanol–water partition coefficient (Wildman–Crippen LogP) is 4.04. The molecule has 0 fully saturated rings. The van der Waals surface area contributed by atoms with Crippen LogP contribution in [0.5, 0.6) is 0 Å². The number of thioether (sulfide) groups is 1. The Balaban J connectivity index is 1.63. The summed E-state index contributed by atoms with van der Waals surface area (Å²) in [4.78, 5) is 32.5. The zero-order valence-electron chi connectivity index (χ0n) is 16.4. The fourth-order valence-electron chi connectivity index (χ4n) is 3.81. The highest BCUT2D eigenvalue weighted by Crippen LogP contribution is 2.31. The number of benzene rings is 2. The van der Waals surface area contributed by atoms with Gasteiger partial charge >= 0.3 is 0 Å². The van der Waals surface area contributed by atoms with E-state index in [1.54, 1.807) is 16.7 Å². The van der Waals surface area contributed by atoms with Crippen molar-refractivity contribution in [2.45, 2.75) is 37.5 Å². The van der Waals surface area contributed by atoms with E-state index in [4.69, 9.17) is 0 Å². The van der Waals surface area contributed by atoms with Crippen LogP contribution in [-0.2, 0) is 17.8 Å². The number of carbonyl (C=O) groups excluding carboxylic acids is 1. The van der Waals surface area contributed by atoms with E-state index in [9.17, 15) is 9.59 Å². The summed E-state index contributed by atoms with van der Waals surface area (Å²) in [6, 6.07) is 15.5. The maximum absolute atomic E-state index is 13.1. The number of para-hydroxylation sites is 2. The number of hydrogen-bond donors (Lipinski definition) is 0. The van der Waals surface area contributed by atoms with Crippen molar-refractivity contribution in [3.05, 3.63) is 77.1 Å². The lowest BCUT2D eigenvalue weighted by atomic mass is 9.97. The molecule has 1 unspecified atom stereocenters. The summed E-state index contributed by atoms with van der Waals surface area (Å²) in [5, 5.41) is 1.11. The first-order chi connectivity index (χ1) is 14.1. The number of fused-ring (bicyclic) bond motifs is 2. The van der Waals surface area contributed by atoms with E-state index in [0.717, 1.165) is 18.5 Å². The Bertz CT molecular complexity index is 1140. The number of carbonyl (C=O) groups is 1. The molecule has 4 rings (SSSR count). The third-order valence-electron chi connectivity index (χ3n) is 5.26. The van der Waals surface area contributed by atoms with E-state index in [-0.39, 0.29) is 23.3 Å². The van der Waals surface area contributed by atoms with Crippen LogP contribution < -0.4 is 10.5 Å². The second-order valence-electron chi connectivity index (χ2n) is 7.18. The molecule has 0 saturated carbocycles. The van der Waals surface area contributed by atoms with Gasteiger partial charge in [-0.1, -0.05) is 48.2 Å². The molecule has 1 amide bonds. The molecule has 0 N–H and O–H groups in total. The van der Waals surface area contributed by atoms with E-state index >= 15 is 0 Å². The predicted molar refractivity (Wildman–Crippen MR) is 119 cm³/mol. The molecule has 2 aromatic carbocycles. The maximum Gasteiger partial charge on any atom is 0.262 e. The molecule has 29 heavy (non-hydrogen) atoms. The molecular formula is C23H23N3O2S. The average molecular weight is 406 g/mol. The molecule has 1 aliphatic rings. The van der Waals surface area contributed by atoms with Crippen LogP contribution in [0.4, 0.5) is 5.69 Å². The van der Waals surface area contributed by atoms with Gasteiger partial charge in [-0.2, -0.15) is 0 Å². The van der Waals surface area contributed by atoms with Crippen molar-refractivity contribution in [3.8, 4) is 0 Å². The molecule has 0 saturated heterocycles. The van der Waals surface area contributed by atoms with Crippen LogP contribution in [0.25, 0.3) is 10.9 Å². The number of allylic oxidation sites excluding steroid dienone is 1. The smallest absolute Gasteiger partial charge is 0.262 e. The largest absolute Gasteiger partial charge is 0.309 e. The maximum atomic E-state index is 13.1. The SMILES string of the molecule is C=CCn1c(SCC(=O)N2c3ccccc3CCC2C)nc2ccccc2c1=O. The minimum Gasteiger partial charge on any atom is -0.309 e. The summed E-state index contributed by atoms with van der Waals surface area (Å²) in [6.45, 7) is 6.19. The quantitative estimate of drug-likeness (QED) is 0.365. The van der Waals surface area contributed by atoms with Crippen LogP contribution in [0, 0.1) is 0 Å². The van der Waals surface area contributed by atoms with Gasteiger partial charge in [-0.15, -0.1) is 6.58 Å². The molecule has 3 aromatic rings. The van der Waals surface area contributed by atoms with Crippen LogP contribution in [0.15, 0.2) is 71.1 Å². The molecule has 0 radical (unpaired) electrons. The van der Waals surface area contributed by atoms with Gasteiger partial charge in [0.15, 0.2) is 5.16 Å². The summed E-state index contributed by atoms with van der Waals surface area (Å²) in [7, 11) is 0. The molecule has 0 bridgehead atoms. The van der Waals surface area contributed by atoms with E-state index < -0.39 is 0 Å². The highest BCUT2D eigenvalue weighted by atomic mass is 32.2. The van der Waals surface area contributed by atoms with Crippen molar-refractivity contribution in [2.75, 3.05) is 10.7 Å². The standard InChI is InChI=1S/C23H23N3O2S/c1-3-14-25-22(28)18-9-5-6-10-19(18)24-23(25)29-15-21(27)26-16(2)12-13-17-8-4-7-11-20(17)26/h3-11,16H,1,12-15H2,2H3. The van der Waals surface area contributed by atoms with Gasteiger partial charge in [0, 0.05) is 18.3 Å². The topological polar surface area (TPSA) is 55.2 Å². The second-order valence-corrected chi connectivity index (χ2v) is 8.13. The van der Waals surface area contributed by atoms with Crippen LogP contribution in [-0.4, -0.2) is 27.3 Å². The van der Waals surface area contributed by atoms with Crippen molar-refractivity contribution in [2.24, 2.45) is 0 Å². The first kappa shape index (κ1) is 19.5. The zero-order valence-corrected chi connectivity index (χ0v) is 17.2. The fraction of sp³-hybridized carbons (Fsp3) is 0.261. The van der Waals surface area contributed by atoms with Gasteiger partial charge in [-0.05, 0) is 43.5 Å². The van der Waals surface area contributed by atoms with E-state index in [2.05, 4.69) is 24.6 Å². The molecular weight excluding hydrogens is 382 g/mol. The summed E-state index contributed by atoms with van der Waals surface area (Å²) < 4.78 is 1.58. The molecule has 1 atom stereocenters. The summed E-state index contributed by atoms with van der Waals surface area (Å²) in [5.74, 6) is 0.253. The number of rotatable bonds is 5. The lowest BCUT2D eigenvalue weighted by Gasteiger charge is -2.35. The van der Waals surface area contributed by atoms with Gasteiger partial charge in [0.05, 0.1) is 16.7 Å². The van der Waals surface area contributed by atoms with Crippen molar-refractivity contribution in [3.63, 3.8) is 0 Å². The van der Waals surface area contributed by atoms with Gasteiger partial charge in [0.25, 0.3) is 5.56 Å². The molecule has 2 heterocycles. The van der Waals surface area contributed by atoms with Crippen molar-refractivity contribution in [1.29, 1.82) is 0 Å². The zero-order chi connectivity index (χ0) is 20.4. The Kier molecular flexibility index (Phi) is 5.53. The Morgan fingerprint density at radius 3 is 2.83 bits per heavy atom. The third-order valence-corrected chi connectivity index (χ3v) is 6.22. The van der Waals surface area contributed by atoms with Crippen LogP contribution in [0.1, 0.15) is 18.9 Å². The Morgan fingerprint density at radius 1 is 1.24 bits per heavy atom. The summed E-state index contributed by atoms with van der Waals surface area (Å²) in [5.41, 5.74) is 2.73. The molecule has 148 valence electrons. The number of anilines is 1. The molecule has 5 nitrogen and oxygen atoms in total. The van der Waals surface area contributed by atoms with Crippen molar-refractivity contribution < 1.29 is 4.79 Å². The number of amides is 1. The van der Waals surface area contributed by atoms with Gasteiger partial charge in [0.2, 0.25) is 5.91 Å². The van der Waals surface area contributed by atoms with Gasteiger partial charge in [-0.3, -0.25) is 14.2 Å².